The molecule has 0 aromatic carbocycles. The van der Waals surface area contributed by atoms with Gasteiger partial charge in [0.05, 0.1) is 0 Å². The smallest absolute Gasteiger partial charge is 0.409 e. The molecule has 1 aliphatic rings. The minimum atomic E-state index is -4.76. The number of carbonyl (C=O) groups excluding carboxylic acids is 1. The Hall–Kier alpha value is -0.920. The molecule has 2 unspecified atom stereocenters. The summed E-state index contributed by atoms with van der Waals surface area (Å²) in [5.41, 5.74) is 0. The summed E-state index contributed by atoms with van der Waals surface area (Å²) in [4.78, 5) is 23.1. The lowest BCUT2D eigenvalue weighted by Crippen LogP contribution is -2.53. The molecule has 1 heterocycles. The van der Waals surface area contributed by atoms with Crippen molar-refractivity contribution in [2.75, 3.05) is 6.54 Å². The van der Waals surface area contributed by atoms with Gasteiger partial charge in [0, 0.05) is 6.54 Å². The Morgan fingerprint density at radius 3 is 2.41 bits per heavy atom. The fourth-order valence-corrected chi connectivity index (χ4v) is 1.90. The van der Waals surface area contributed by atoms with Crippen molar-refractivity contribution in [2.24, 2.45) is 0 Å². The molecule has 0 aromatic rings. The molecule has 1 rings (SSSR count). The van der Waals surface area contributed by atoms with Crippen molar-refractivity contribution in [3.8, 4) is 0 Å². The molecule has 1 fully saturated rings. The monoisotopic (exact) mass is 271 g/mol. The fraction of sp³-hybridized carbons (Fsp3) is 0.778. The zero-order chi connectivity index (χ0) is 13.2. The zero-order valence-corrected chi connectivity index (χ0v) is 9.67. The Morgan fingerprint density at radius 2 is 1.94 bits per heavy atom. The highest BCUT2D eigenvalue weighted by atomic mass is 32.1. The number of alkyl halides is 3. The number of likely N-dealkylation sites (tertiary alicyclic amines) is 1. The Kier molecular flexibility index (Phi) is 4.29. The molecule has 1 N–H and O–H groups in total. The first kappa shape index (κ1) is 14.1. The second-order valence-corrected chi connectivity index (χ2v) is 4.34. The maximum atomic E-state index is 12.3. The van der Waals surface area contributed by atoms with Crippen LogP contribution < -0.4 is 0 Å². The van der Waals surface area contributed by atoms with Gasteiger partial charge in [0.1, 0.15) is 6.04 Å². The molecule has 1 aliphatic heterocycles. The number of amides is 1. The number of piperidine rings is 1. The number of carbonyl (C=O) groups is 2. The van der Waals surface area contributed by atoms with E-state index >= 15 is 0 Å². The lowest BCUT2D eigenvalue weighted by Gasteiger charge is -2.34. The Bertz CT molecular complexity index is 321. The highest BCUT2D eigenvalue weighted by molar-refractivity contribution is 7.81. The summed E-state index contributed by atoms with van der Waals surface area (Å²) in [6.45, 7) is 0.0307. The van der Waals surface area contributed by atoms with Crippen LogP contribution in [-0.4, -0.2) is 45.9 Å². The van der Waals surface area contributed by atoms with Gasteiger partial charge in [-0.3, -0.25) is 4.79 Å². The predicted octanol–water partition coefficient (Wildman–Crippen LogP) is 1.31. The average Bonchev–Trinajstić information content (AvgIpc) is 2.25. The normalized spacial score (nSPS) is 23.3. The number of nitrogens with zero attached hydrogens (tertiary/aromatic N) is 1. The van der Waals surface area contributed by atoms with E-state index in [2.05, 4.69) is 12.6 Å². The molecule has 1 amide bonds. The molecule has 0 bridgehead atoms. The number of thiol groups is 1. The van der Waals surface area contributed by atoms with Crippen LogP contribution in [0.25, 0.3) is 0 Å². The topological polar surface area (TPSA) is 57.6 Å². The SMILES string of the molecule is O=C(O)C1CCCCN1C(=O)C(S)C(F)(F)F. The van der Waals surface area contributed by atoms with Crippen molar-refractivity contribution in [3.63, 3.8) is 0 Å². The van der Waals surface area contributed by atoms with Gasteiger partial charge in [0.15, 0.2) is 5.25 Å². The van der Waals surface area contributed by atoms with Gasteiger partial charge >= 0.3 is 12.1 Å². The van der Waals surface area contributed by atoms with Crippen molar-refractivity contribution in [1.82, 2.24) is 4.90 Å². The molecule has 4 nitrogen and oxygen atoms in total. The summed E-state index contributed by atoms with van der Waals surface area (Å²) in [5.74, 6) is -2.56. The van der Waals surface area contributed by atoms with Crippen LogP contribution in [0.15, 0.2) is 0 Å². The molecular weight excluding hydrogens is 259 g/mol. The van der Waals surface area contributed by atoms with Gasteiger partial charge in [-0.25, -0.2) is 4.79 Å². The number of carboxylic acids is 1. The van der Waals surface area contributed by atoms with E-state index in [0.29, 0.717) is 12.8 Å². The van der Waals surface area contributed by atoms with E-state index in [4.69, 9.17) is 5.11 Å². The van der Waals surface area contributed by atoms with Crippen LogP contribution in [0.4, 0.5) is 13.2 Å². The zero-order valence-electron chi connectivity index (χ0n) is 8.78. The van der Waals surface area contributed by atoms with E-state index in [1.807, 2.05) is 0 Å². The van der Waals surface area contributed by atoms with E-state index in [1.54, 1.807) is 0 Å². The summed E-state index contributed by atoms with van der Waals surface area (Å²) >= 11 is 3.22. The quantitative estimate of drug-likeness (QED) is 0.745. The summed E-state index contributed by atoms with van der Waals surface area (Å²) < 4.78 is 36.9. The highest BCUT2D eigenvalue weighted by Gasteiger charge is 2.46. The summed E-state index contributed by atoms with van der Waals surface area (Å²) in [7, 11) is 0. The van der Waals surface area contributed by atoms with Crippen molar-refractivity contribution < 1.29 is 27.9 Å². The largest absolute Gasteiger partial charge is 0.480 e. The summed E-state index contributed by atoms with van der Waals surface area (Å²) in [6.07, 6.45) is -3.49. The van der Waals surface area contributed by atoms with E-state index in [-0.39, 0.29) is 13.0 Å². The molecule has 2 atom stereocenters. The predicted molar refractivity (Wildman–Crippen MR) is 55.8 cm³/mol. The summed E-state index contributed by atoms with van der Waals surface area (Å²) in [5, 5.41) is 6.39. The van der Waals surface area contributed by atoms with Crippen LogP contribution in [0.2, 0.25) is 0 Å². The first-order valence-corrected chi connectivity index (χ1v) is 5.55. The van der Waals surface area contributed by atoms with Gasteiger partial charge in [-0.05, 0) is 19.3 Å². The maximum Gasteiger partial charge on any atom is 0.409 e. The lowest BCUT2D eigenvalue weighted by molar-refractivity contribution is -0.165. The van der Waals surface area contributed by atoms with Crippen LogP contribution in [-0.2, 0) is 9.59 Å². The summed E-state index contributed by atoms with van der Waals surface area (Å²) in [6, 6.07) is -1.17. The van der Waals surface area contributed by atoms with Crippen molar-refractivity contribution in [1.29, 1.82) is 0 Å². The van der Waals surface area contributed by atoms with E-state index in [0.717, 1.165) is 4.90 Å². The van der Waals surface area contributed by atoms with Crippen molar-refractivity contribution in [2.45, 2.75) is 36.7 Å². The number of aliphatic carboxylic acids is 1. The van der Waals surface area contributed by atoms with Crippen LogP contribution in [0.3, 0.4) is 0 Å². The molecular formula is C9H12F3NO3S. The molecule has 98 valence electrons. The third-order valence-electron chi connectivity index (χ3n) is 2.61. The fourth-order valence-electron chi connectivity index (χ4n) is 1.75. The first-order chi connectivity index (χ1) is 7.75. The molecule has 0 aromatic heterocycles. The lowest BCUT2D eigenvalue weighted by atomic mass is 10.0. The van der Waals surface area contributed by atoms with E-state index < -0.39 is 29.3 Å². The Morgan fingerprint density at radius 1 is 1.35 bits per heavy atom. The standard InChI is InChI=1S/C9H12F3NO3S/c10-9(11,12)6(17)7(14)13-4-2-1-3-5(13)8(15)16/h5-6,17H,1-4H2,(H,15,16). The Balaban J connectivity index is 2.82. The Labute approximate surface area is 101 Å². The van der Waals surface area contributed by atoms with Crippen LogP contribution >= 0.6 is 12.6 Å². The van der Waals surface area contributed by atoms with Gasteiger partial charge in [-0.2, -0.15) is 25.8 Å². The molecule has 0 saturated carbocycles. The van der Waals surface area contributed by atoms with Crippen LogP contribution in [0.1, 0.15) is 19.3 Å². The van der Waals surface area contributed by atoms with Crippen molar-refractivity contribution in [3.05, 3.63) is 0 Å². The minimum absolute atomic E-state index is 0.0307. The maximum absolute atomic E-state index is 12.3. The molecule has 8 heteroatoms. The van der Waals surface area contributed by atoms with E-state index in [9.17, 15) is 22.8 Å². The number of carboxylic acid groups (broad SMARTS) is 1. The highest BCUT2D eigenvalue weighted by Crippen LogP contribution is 2.28. The van der Waals surface area contributed by atoms with Gasteiger partial charge in [0.2, 0.25) is 5.91 Å². The number of hydrogen-bond acceptors (Lipinski definition) is 3. The van der Waals surface area contributed by atoms with E-state index in [1.165, 1.54) is 0 Å². The van der Waals surface area contributed by atoms with Gasteiger partial charge in [-0.15, -0.1) is 0 Å². The number of halogens is 3. The second kappa shape index (κ2) is 5.16. The first-order valence-electron chi connectivity index (χ1n) is 5.03. The second-order valence-electron chi connectivity index (χ2n) is 3.83. The van der Waals surface area contributed by atoms with Crippen LogP contribution in [0.5, 0.6) is 0 Å². The molecule has 0 radical (unpaired) electrons. The number of rotatable bonds is 2. The third kappa shape index (κ3) is 3.27. The molecule has 1 saturated heterocycles. The minimum Gasteiger partial charge on any atom is -0.480 e. The number of hydrogen-bond donors (Lipinski definition) is 2. The molecule has 17 heavy (non-hydrogen) atoms. The third-order valence-corrected chi connectivity index (χ3v) is 3.13. The molecule has 0 spiro atoms. The van der Waals surface area contributed by atoms with Gasteiger partial charge in [-0.1, -0.05) is 0 Å². The van der Waals surface area contributed by atoms with Crippen LogP contribution in [0, 0.1) is 0 Å². The van der Waals surface area contributed by atoms with Gasteiger partial charge < -0.3 is 10.0 Å². The average molecular weight is 271 g/mol. The molecule has 0 aliphatic carbocycles. The van der Waals surface area contributed by atoms with Crippen molar-refractivity contribution >= 4 is 24.5 Å². The van der Waals surface area contributed by atoms with Gasteiger partial charge in [0.25, 0.3) is 0 Å².